The Labute approximate surface area is 230 Å². The van der Waals surface area contributed by atoms with Crippen molar-refractivity contribution >= 4 is 55.8 Å². The first-order valence-corrected chi connectivity index (χ1v) is 12.9. The number of carbonyl (C=O) groups excluding carboxylic acids is 2. The van der Waals surface area contributed by atoms with Crippen molar-refractivity contribution in [3.8, 4) is 11.8 Å². The Balaban J connectivity index is 1.81. The van der Waals surface area contributed by atoms with Crippen LogP contribution < -0.4 is 15.4 Å². The number of nitrogens with zero attached hydrogens (tertiary/aromatic N) is 3. The van der Waals surface area contributed by atoms with E-state index in [2.05, 4.69) is 44.2 Å². The third-order valence-electron chi connectivity index (χ3n) is 5.52. The van der Waals surface area contributed by atoms with E-state index in [9.17, 15) is 14.9 Å². The molecule has 0 aliphatic carbocycles. The number of hydrogen-bond donors (Lipinski definition) is 2. The first-order valence-electron chi connectivity index (χ1n) is 12.1. The van der Waals surface area contributed by atoms with Gasteiger partial charge < -0.3 is 20.1 Å². The maximum Gasteiger partial charge on any atom is 0.320 e. The second-order valence-electron chi connectivity index (χ2n) is 8.45. The number of ether oxygens (including phenoxy) is 2. The number of carbonyl (C=O) groups is 2. The van der Waals surface area contributed by atoms with Crippen LogP contribution in [0, 0.1) is 11.3 Å². The number of likely N-dealkylation sites (N-methyl/N-ethyl adjacent to an activating group) is 1. The van der Waals surface area contributed by atoms with Crippen molar-refractivity contribution in [3.63, 3.8) is 0 Å². The lowest BCUT2D eigenvalue weighted by molar-refractivity contribution is -0.144. The summed E-state index contributed by atoms with van der Waals surface area (Å²) in [7, 11) is 1.87. The Kier molecular flexibility index (Phi) is 10.6. The van der Waals surface area contributed by atoms with Crippen molar-refractivity contribution in [1.82, 2.24) is 9.88 Å². The number of amides is 1. The van der Waals surface area contributed by atoms with Crippen LogP contribution in [0.15, 0.2) is 59.7 Å². The van der Waals surface area contributed by atoms with E-state index in [4.69, 9.17) is 9.47 Å². The lowest BCUT2D eigenvalue weighted by Gasteiger charge is -2.17. The molecule has 3 rings (SSSR count). The second kappa shape index (κ2) is 14.1. The summed E-state index contributed by atoms with van der Waals surface area (Å²) in [4.78, 5) is 30.1. The zero-order valence-corrected chi connectivity index (χ0v) is 23.0. The van der Waals surface area contributed by atoms with Crippen LogP contribution in [0.2, 0.25) is 0 Å². The number of pyridine rings is 1. The Morgan fingerprint density at radius 1 is 1.26 bits per heavy atom. The molecule has 0 spiro atoms. The van der Waals surface area contributed by atoms with Gasteiger partial charge in [-0.05, 0) is 63.7 Å². The third kappa shape index (κ3) is 8.03. The van der Waals surface area contributed by atoms with Gasteiger partial charge in [0.2, 0.25) is 5.91 Å². The maximum absolute atomic E-state index is 12.2. The first-order chi connectivity index (χ1) is 18.3. The molecule has 9 nitrogen and oxygen atoms in total. The van der Waals surface area contributed by atoms with E-state index >= 15 is 0 Å². The van der Waals surface area contributed by atoms with Crippen LogP contribution in [0.1, 0.15) is 25.3 Å². The van der Waals surface area contributed by atoms with Crippen LogP contribution in [0.3, 0.4) is 0 Å². The maximum atomic E-state index is 12.2. The second-order valence-corrected chi connectivity index (χ2v) is 9.37. The van der Waals surface area contributed by atoms with Gasteiger partial charge >= 0.3 is 5.97 Å². The number of rotatable bonds is 13. The number of fused-ring (bicyclic) bond motifs is 1. The average molecular weight is 580 g/mol. The van der Waals surface area contributed by atoms with Gasteiger partial charge in [-0.2, -0.15) is 5.26 Å². The fraction of sp³-hybridized carbons (Fsp3) is 0.286. The van der Waals surface area contributed by atoms with E-state index < -0.39 is 0 Å². The molecule has 0 unspecified atom stereocenters. The molecule has 0 saturated heterocycles. The normalized spacial score (nSPS) is 10.6. The fourth-order valence-electron chi connectivity index (χ4n) is 3.72. The van der Waals surface area contributed by atoms with E-state index in [-0.39, 0.29) is 18.4 Å². The van der Waals surface area contributed by atoms with Crippen LogP contribution in [0.4, 0.5) is 17.1 Å². The number of anilines is 3. The monoisotopic (exact) mass is 579 g/mol. The largest absolute Gasteiger partial charge is 0.491 e. The predicted molar refractivity (Wildman–Crippen MR) is 152 cm³/mol. The van der Waals surface area contributed by atoms with Gasteiger partial charge in [-0.25, -0.2) is 0 Å². The van der Waals surface area contributed by atoms with Gasteiger partial charge in [-0.3, -0.25) is 19.5 Å². The van der Waals surface area contributed by atoms with Gasteiger partial charge in [0.1, 0.15) is 11.8 Å². The molecule has 1 amide bonds. The van der Waals surface area contributed by atoms with Gasteiger partial charge in [0.15, 0.2) is 0 Å². The lowest BCUT2D eigenvalue weighted by Crippen LogP contribution is -2.28. The number of aromatic nitrogens is 1. The lowest BCUT2D eigenvalue weighted by atomic mass is 10.1. The Morgan fingerprint density at radius 3 is 2.79 bits per heavy atom. The predicted octanol–water partition coefficient (Wildman–Crippen LogP) is 5.39. The zero-order valence-electron chi connectivity index (χ0n) is 21.4. The van der Waals surface area contributed by atoms with Crippen molar-refractivity contribution in [2.24, 2.45) is 0 Å². The molecule has 0 radical (unpaired) electrons. The van der Waals surface area contributed by atoms with Crippen LogP contribution >= 0.6 is 15.9 Å². The van der Waals surface area contributed by atoms with Crippen molar-refractivity contribution in [2.75, 3.05) is 44.0 Å². The summed E-state index contributed by atoms with van der Waals surface area (Å²) in [6, 6.07) is 13.3. The molecule has 0 aliphatic heterocycles. The molecule has 38 heavy (non-hydrogen) atoms. The molecule has 0 fully saturated rings. The van der Waals surface area contributed by atoms with E-state index in [0.717, 1.165) is 23.0 Å². The number of hydrogen-bond acceptors (Lipinski definition) is 8. The van der Waals surface area contributed by atoms with E-state index in [1.807, 2.05) is 36.2 Å². The highest BCUT2D eigenvalue weighted by molar-refractivity contribution is 9.10. The summed E-state index contributed by atoms with van der Waals surface area (Å²) in [5.74, 6) is -0.176. The molecule has 198 valence electrons. The van der Waals surface area contributed by atoms with Crippen LogP contribution in [0.5, 0.6) is 5.75 Å². The molecule has 1 heterocycles. The van der Waals surface area contributed by atoms with Crippen molar-refractivity contribution < 1.29 is 19.1 Å². The highest BCUT2D eigenvalue weighted by Gasteiger charge is 2.15. The number of nitrogens with one attached hydrogen (secondary N) is 2. The molecular formula is C28H30BrN5O4. The Bertz CT molecular complexity index is 1360. The van der Waals surface area contributed by atoms with Crippen LogP contribution in [0.25, 0.3) is 10.9 Å². The summed E-state index contributed by atoms with van der Waals surface area (Å²) in [6.45, 7) is 7.03. The average Bonchev–Trinajstić information content (AvgIpc) is 2.89. The summed E-state index contributed by atoms with van der Waals surface area (Å²) in [6.07, 6.45) is 4.23. The minimum Gasteiger partial charge on any atom is -0.491 e. The molecular weight excluding hydrogens is 550 g/mol. The molecule has 0 saturated carbocycles. The quantitative estimate of drug-likeness (QED) is 0.157. The molecule has 0 bridgehead atoms. The number of esters is 1. The van der Waals surface area contributed by atoms with Crippen LogP contribution in [-0.4, -0.2) is 55.1 Å². The van der Waals surface area contributed by atoms with Gasteiger partial charge in [0, 0.05) is 27.8 Å². The minimum atomic E-state index is -0.388. The smallest absolute Gasteiger partial charge is 0.320 e. The zero-order chi connectivity index (χ0) is 27.5. The molecule has 0 aliphatic rings. The van der Waals surface area contributed by atoms with Crippen molar-refractivity contribution in [3.05, 3.63) is 65.3 Å². The van der Waals surface area contributed by atoms with E-state index in [1.54, 1.807) is 19.1 Å². The summed E-state index contributed by atoms with van der Waals surface area (Å²) in [5.41, 5.74) is 2.76. The third-order valence-corrected chi connectivity index (χ3v) is 6.02. The Morgan fingerprint density at radius 2 is 2.08 bits per heavy atom. The number of nitriles is 1. The van der Waals surface area contributed by atoms with E-state index in [0.29, 0.717) is 53.3 Å². The molecule has 0 atom stereocenters. The van der Waals surface area contributed by atoms with Gasteiger partial charge in [-0.1, -0.05) is 28.6 Å². The summed E-state index contributed by atoms with van der Waals surface area (Å²) in [5, 5.41) is 16.5. The van der Waals surface area contributed by atoms with Crippen molar-refractivity contribution in [1.29, 1.82) is 5.26 Å². The number of halogens is 1. The minimum absolute atomic E-state index is 0.240. The molecule has 2 N–H and O–H groups in total. The van der Waals surface area contributed by atoms with E-state index in [1.165, 1.54) is 12.3 Å². The fourth-order valence-corrected chi connectivity index (χ4v) is 4.12. The van der Waals surface area contributed by atoms with Gasteiger partial charge in [0.25, 0.3) is 0 Å². The number of benzene rings is 2. The van der Waals surface area contributed by atoms with Crippen molar-refractivity contribution in [2.45, 2.75) is 19.8 Å². The molecule has 2 aromatic carbocycles. The standard InChI is InChI=1S/C28H30BrN5O4/c1-4-26(35)33-24-14-22-23(15-25(24)38-12-7-6-11-34(3)18-27(36)37-5-2)31-17-19(16-30)28(22)32-21-10-8-9-20(29)13-21/h4,8-10,13-15,17H,1,5-7,11-12,18H2,2-3H3,(H,31,32)(H,33,35). The summed E-state index contributed by atoms with van der Waals surface area (Å²) >= 11 is 3.46. The molecule has 3 aromatic rings. The first kappa shape index (κ1) is 28.6. The van der Waals surface area contributed by atoms with Gasteiger partial charge in [-0.15, -0.1) is 0 Å². The van der Waals surface area contributed by atoms with Gasteiger partial charge in [0.05, 0.1) is 42.2 Å². The highest BCUT2D eigenvalue weighted by atomic mass is 79.9. The molecule has 1 aromatic heterocycles. The topological polar surface area (TPSA) is 117 Å². The number of unbranched alkanes of at least 4 members (excludes halogenated alkanes) is 1. The van der Waals surface area contributed by atoms with Crippen LogP contribution in [-0.2, 0) is 14.3 Å². The summed E-state index contributed by atoms with van der Waals surface area (Å²) < 4.78 is 11.9. The Hall–Kier alpha value is -3.94. The highest BCUT2D eigenvalue weighted by Crippen LogP contribution is 2.36. The SMILES string of the molecule is C=CC(=O)Nc1cc2c(Nc3cccc(Br)c3)c(C#N)cnc2cc1OCCCCN(C)CC(=O)OCC. The molecule has 10 heteroatoms.